The molecule has 0 rings (SSSR count). The average molecular weight is 168 g/mol. The Morgan fingerprint density at radius 2 is 1.20 bits per heavy atom. The standard InChI is InChI=1S/C2H7N.CH3.Ag/c1-3-2;;/h3H,1-2H3;1H3;. The summed E-state index contributed by atoms with van der Waals surface area (Å²) in [6, 6.07) is 0. The fourth-order valence-corrected chi connectivity index (χ4v) is 0. The van der Waals surface area contributed by atoms with E-state index in [-0.39, 0.29) is 0 Å². The van der Waals surface area contributed by atoms with E-state index in [9.17, 15) is 0 Å². The molecule has 0 aromatic heterocycles. The van der Waals surface area contributed by atoms with Crippen LogP contribution in [-0.2, 0) is 21.1 Å². The van der Waals surface area contributed by atoms with Crippen molar-refractivity contribution in [1.29, 1.82) is 0 Å². The molecule has 0 spiro atoms. The summed E-state index contributed by atoms with van der Waals surface area (Å²) in [7, 11) is 3.75. The molecule has 5 heavy (non-hydrogen) atoms. The molecule has 0 radical (unpaired) electrons. The van der Waals surface area contributed by atoms with Crippen molar-refractivity contribution in [2.75, 3.05) is 14.1 Å². The van der Waals surface area contributed by atoms with Gasteiger partial charge in [0.05, 0.1) is 0 Å². The first-order valence-corrected chi connectivity index (χ1v) is 2.78. The zero-order chi connectivity index (χ0) is 4.71. The van der Waals surface area contributed by atoms with Crippen molar-refractivity contribution < 1.29 is 21.1 Å². The van der Waals surface area contributed by atoms with Gasteiger partial charge in [-0.1, -0.05) is 0 Å². The van der Waals surface area contributed by atoms with Gasteiger partial charge in [0.1, 0.15) is 0 Å². The van der Waals surface area contributed by atoms with E-state index in [4.69, 9.17) is 0 Å². The molecule has 0 aromatic carbocycles. The SMILES string of the molecule is CNC.[CH3][Ag]. The van der Waals surface area contributed by atoms with Crippen LogP contribution in [-0.4, -0.2) is 14.1 Å². The topological polar surface area (TPSA) is 12.0 Å². The summed E-state index contributed by atoms with van der Waals surface area (Å²) >= 11 is 2.95. The second-order valence-electron chi connectivity index (χ2n) is 0.500. The fourth-order valence-electron chi connectivity index (χ4n) is 0. The van der Waals surface area contributed by atoms with Crippen molar-refractivity contribution in [2.45, 2.75) is 5.14 Å². The second kappa shape index (κ2) is 22.3. The third-order valence-corrected chi connectivity index (χ3v) is 0. The summed E-state index contributed by atoms with van der Waals surface area (Å²) in [5.41, 5.74) is 0. The van der Waals surface area contributed by atoms with Crippen molar-refractivity contribution in [3.8, 4) is 0 Å². The van der Waals surface area contributed by atoms with Crippen LogP contribution in [0.4, 0.5) is 0 Å². The summed E-state index contributed by atoms with van der Waals surface area (Å²) in [6.45, 7) is 0. The van der Waals surface area contributed by atoms with Crippen molar-refractivity contribution in [1.82, 2.24) is 5.32 Å². The minimum atomic E-state index is 1.81. The summed E-state index contributed by atoms with van der Waals surface area (Å²) in [6.07, 6.45) is 0. The van der Waals surface area contributed by atoms with E-state index < -0.39 is 0 Å². The quantitative estimate of drug-likeness (QED) is 0.516. The molecular formula is C3H10AgN. The molecule has 0 aliphatic heterocycles. The zero-order valence-electron chi connectivity index (χ0n) is 3.80. The molecule has 0 saturated carbocycles. The van der Waals surface area contributed by atoms with Crippen LogP contribution < -0.4 is 5.32 Å². The van der Waals surface area contributed by atoms with E-state index >= 15 is 0 Å². The zero-order valence-corrected chi connectivity index (χ0v) is 5.28. The van der Waals surface area contributed by atoms with Gasteiger partial charge in [0, 0.05) is 0 Å². The molecule has 1 nitrogen and oxygen atoms in total. The molecule has 0 amide bonds. The molecule has 0 heterocycles. The Morgan fingerprint density at radius 1 is 1.20 bits per heavy atom. The van der Waals surface area contributed by atoms with Crippen molar-refractivity contribution in [2.24, 2.45) is 0 Å². The molecule has 0 aliphatic carbocycles. The van der Waals surface area contributed by atoms with Crippen LogP contribution in [0.5, 0.6) is 0 Å². The van der Waals surface area contributed by atoms with Crippen molar-refractivity contribution in [3.05, 3.63) is 0 Å². The molecule has 1 N–H and O–H groups in total. The molecule has 0 saturated heterocycles. The summed E-state index contributed by atoms with van der Waals surface area (Å²) in [5, 5.41) is 4.56. The second-order valence-corrected chi connectivity index (χ2v) is 0.500. The first-order chi connectivity index (χ1) is 2.41. The molecule has 0 fully saturated rings. The van der Waals surface area contributed by atoms with Gasteiger partial charge in [0.25, 0.3) is 0 Å². The van der Waals surface area contributed by atoms with Gasteiger partial charge in [-0.2, -0.15) is 0 Å². The van der Waals surface area contributed by atoms with Crippen molar-refractivity contribution >= 4 is 0 Å². The molecular weight excluding hydrogens is 158 g/mol. The van der Waals surface area contributed by atoms with Gasteiger partial charge in [-0.3, -0.25) is 0 Å². The van der Waals surface area contributed by atoms with Crippen LogP contribution in [0.25, 0.3) is 0 Å². The third kappa shape index (κ3) is 69.9. The van der Waals surface area contributed by atoms with Crippen LogP contribution in [0.3, 0.4) is 0 Å². The van der Waals surface area contributed by atoms with E-state index in [2.05, 4.69) is 26.4 Å². The predicted octanol–water partition coefficient (Wildman–Crippen LogP) is 0.417. The Morgan fingerprint density at radius 3 is 1.20 bits per heavy atom. The molecule has 38 valence electrons. The predicted molar refractivity (Wildman–Crippen MR) is 20.8 cm³/mol. The van der Waals surface area contributed by atoms with Gasteiger partial charge < -0.3 is 5.32 Å². The van der Waals surface area contributed by atoms with E-state index in [1.807, 2.05) is 19.2 Å². The van der Waals surface area contributed by atoms with Crippen LogP contribution in [0.15, 0.2) is 0 Å². The summed E-state index contributed by atoms with van der Waals surface area (Å²) in [5.74, 6) is 0. The summed E-state index contributed by atoms with van der Waals surface area (Å²) in [4.78, 5) is 0. The Labute approximate surface area is 46.1 Å². The van der Waals surface area contributed by atoms with Crippen LogP contribution in [0.2, 0.25) is 5.14 Å². The molecule has 0 aliphatic rings. The van der Waals surface area contributed by atoms with Gasteiger partial charge in [-0.05, 0) is 14.1 Å². The first-order valence-electron chi connectivity index (χ1n) is 1.30. The Hall–Kier alpha value is 0.700. The third-order valence-electron chi connectivity index (χ3n) is 0. The molecule has 0 aromatic rings. The Kier molecular flexibility index (Phi) is 41.0. The van der Waals surface area contributed by atoms with E-state index in [0.717, 1.165) is 0 Å². The first kappa shape index (κ1) is 9.20. The Bertz CT molecular complexity index is 6.85. The average Bonchev–Trinajstić information content (AvgIpc) is 1.46. The normalized spacial score (nSPS) is 5.00. The van der Waals surface area contributed by atoms with Gasteiger partial charge >= 0.3 is 26.2 Å². The van der Waals surface area contributed by atoms with Crippen molar-refractivity contribution in [3.63, 3.8) is 0 Å². The maximum absolute atomic E-state index is 2.95. The van der Waals surface area contributed by atoms with Crippen LogP contribution in [0, 0.1) is 0 Å². The number of rotatable bonds is 0. The van der Waals surface area contributed by atoms with Gasteiger partial charge in [0.2, 0.25) is 0 Å². The molecule has 2 heteroatoms. The number of hydrogen-bond donors (Lipinski definition) is 1. The molecule has 0 atom stereocenters. The van der Waals surface area contributed by atoms with E-state index in [0.29, 0.717) is 0 Å². The number of nitrogens with one attached hydrogen (secondary N) is 1. The van der Waals surface area contributed by atoms with Gasteiger partial charge in [-0.25, -0.2) is 0 Å². The minimum absolute atomic E-state index is 1.81. The van der Waals surface area contributed by atoms with Gasteiger partial charge in [-0.15, -0.1) is 0 Å². The van der Waals surface area contributed by atoms with Gasteiger partial charge in [0.15, 0.2) is 0 Å². The monoisotopic (exact) mass is 167 g/mol. The fraction of sp³-hybridized carbons (Fsp3) is 1.00. The maximum atomic E-state index is 2.95. The van der Waals surface area contributed by atoms with Crippen LogP contribution >= 0.6 is 0 Å². The van der Waals surface area contributed by atoms with E-state index in [1.165, 1.54) is 0 Å². The number of hydrogen-bond acceptors (Lipinski definition) is 1. The molecule has 0 unspecified atom stereocenters. The van der Waals surface area contributed by atoms with Crippen LogP contribution in [0.1, 0.15) is 0 Å². The van der Waals surface area contributed by atoms with E-state index in [1.54, 1.807) is 0 Å². The molecule has 0 bridgehead atoms. The Balaban J connectivity index is 0. The summed E-state index contributed by atoms with van der Waals surface area (Å²) < 4.78 is 0.